The van der Waals surface area contributed by atoms with Crippen LogP contribution in [0.2, 0.25) is 0 Å². The molecule has 1 unspecified atom stereocenters. The van der Waals surface area contributed by atoms with Crippen LogP contribution in [0.3, 0.4) is 0 Å². The van der Waals surface area contributed by atoms with Crippen LogP contribution in [0.4, 0.5) is 0 Å². The van der Waals surface area contributed by atoms with Crippen LogP contribution in [0.25, 0.3) is 5.69 Å². The molecule has 0 bridgehead atoms. The maximum atomic E-state index is 12.5. The fourth-order valence-electron chi connectivity index (χ4n) is 2.89. The number of aromatic nitrogens is 2. The van der Waals surface area contributed by atoms with Crippen molar-refractivity contribution in [3.05, 3.63) is 72.3 Å². The van der Waals surface area contributed by atoms with Crippen molar-refractivity contribution in [3.8, 4) is 17.2 Å². The number of nitrogens with zero attached hydrogens (tertiary/aromatic N) is 2. The monoisotopic (exact) mass is 365 g/mol. The molecule has 6 heteroatoms. The first-order chi connectivity index (χ1) is 13.1. The van der Waals surface area contributed by atoms with E-state index in [-0.39, 0.29) is 18.4 Å². The molecule has 1 atom stereocenters. The molecule has 140 valence electrons. The van der Waals surface area contributed by atoms with Crippen LogP contribution in [0.5, 0.6) is 11.5 Å². The highest BCUT2D eigenvalue weighted by Crippen LogP contribution is 2.25. The number of carbonyl (C=O) groups is 1. The SMILES string of the molecule is COc1ccc(CC(=O)NC(C)c2ccc(-n3ccnc3)cc2)c(OC)c1. The predicted molar refractivity (Wildman–Crippen MR) is 103 cm³/mol. The van der Waals surface area contributed by atoms with E-state index in [4.69, 9.17) is 9.47 Å². The molecule has 1 amide bonds. The third-order valence-corrected chi connectivity index (χ3v) is 4.42. The first kappa shape index (κ1) is 18.5. The fraction of sp³-hybridized carbons (Fsp3) is 0.238. The predicted octanol–water partition coefficient (Wildman–Crippen LogP) is 3.31. The molecule has 3 rings (SSSR count). The van der Waals surface area contributed by atoms with Gasteiger partial charge < -0.3 is 19.4 Å². The zero-order valence-electron chi connectivity index (χ0n) is 15.7. The number of imidazole rings is 1. The number of benzene rings is 2. The van der Waals surface area contributed by atoms with Gasteiger partial charge in [0.1, 0.15) is 11.5 Å². The largest absolute Gasteiger partial charge is 0.497 e. The van der Waals surface area contributed by atoms with E-state index in [0.29, 0.717) is 11.5 Å². The lowest BCUT2D eigenvalue weighted by Gasteiger charge is -2.16. The van der Waals surface area contributed by atoms with Gasteiger partial charge in [0.05, 0.1) is 33.0 Å². The smallest absolute Gasteiger partial charge is 0.225 e. The van der Waals surface area contributed by atoms with Gasteiger partial charge in [-0.05, 0) is 30.7 Å². The zero-order valence-corrected chi connectivity index (χ0v) is 15.7. The summed E-state index contributed by atoms with van der Waals surface area (Å²) in [5, 5.41) is 3.03. The lowest BCUT2D eigenvalue weighted by atomic mass is 10.1. The summed E-state index contributed by atoms with van der Waals surface area (Å²) in [6.45, 7) is 1.97. The van der Waals surface area contributed by atoms with Crippen LogP contribution in [0, 0.1) is 0 Å². The molecule has 6 nitrogen and oxygen atoms in total. The van der Waals surface area contributed by atoms with Crippen molar-refractivity contribution in [1.29, 1.82) is 0 Å². The van der Waals surface area contributed by atoms with Crippen molar-refractivity contribution < 1.29 is 14.3 Å². The summed E-state index contributed by atoms with van der Waals surface area (Å²) in [6, 6.07) is 13.4. The Hall–Kier alpha value is -3.28. The molecule has 0 saturated carbocycles. The van der Waals surface area contributed by atoms with E-state index < -0.39 is 0 Å². The standard InChI is InChI=1S/C21H23N3O3/c1-15(16-4-7-18(8-5-16)24-11-10-22-14-24)23-21(25)12-17-6-9-19(26-2)13-20(17)27-3/h4-11,13-15H,12H2,1-3H3,(H,23,25). The number of hydrogen-bond acceptors (Lipinski definition) is 4. The molecule has 27 heavy (non-hydrogen) atoms. The highest BCUT2D eigenvalue weighted by atomic mass is 16.5. The molecule has 0 spiro atoms. The highest BCUT2D eigenvalue weighted by Gasteiger charge is 2.13. The molecule has 2 aromatic carbocycles. The topological polar surface area (TPSA) is 65.4 Å². The molecule has 0 saturated heterocycles. The molecular weight excluding hydrogens is 342 g/mol. The fourth-order valence-corrected chi connectivity index (χ4v) is 2.89. The van der Waals surface area contributed by atoms with Crippen molar-refractivity contribution in [1.82, 2.24) is 14.9 Å². The molecule has 0 aliphatic heterocycles. The van der Waals surface area contributed by atoms with Crippen molar-refractivity contribution in [2.24, 2.45) is 0 Å². The van der Waals surface area contributed by atoms with Gasteiger partial charge in [-0.15, -0.1) is 0 Å². The second kappa shape index (κ2) is 8.40. The number of nitrogens with one attached hydrogen (secondary N) is 1. The Labute approximate surface area is 158 Å². The second-order valence-electron chi connectivity index (χ2n) is 6.21. The Morgan fingerprint density at radius 2 is 1.93 bits per heavy atom. The Balaban J connectivity index is 1.64. The minimum Gasteiger partial charge on any atom is -0.497 e. The molecule has 0 aliphatic rings. The molecule has 0 radical (unpaired) electrons. The van der Waals surface area contributed by atoms with E-state index in [1.807, 2.05) is 54.1 Å². The van der Waals surface area contributed by atoms with Gasteiger partial charge in [-0.1, -0.05) is 18.2 Å². The van der Waals surface area contributed by atoms with Crippen molar-refractivity contribution >= 4 is 5.91 Å². The maximum absolute atomic E-state index is 12.5. The Morgan fingerprint density at radius 3 is 2.56 bits per heavy atom. The van der Waals surface area contributed by atoms with Gasteiger partial charge >= 0.3 is 0 Å². The minimum atomic E-state index is -0.0985. The van der Waals surface area contributed by atoms with Crippen molar-refractivity contribution in [2.75, 3.05) is 14.2 Å². The highest BCUT2D eigenvalue weighted by molar-refractivity contribution is 5.79. The van der Waals surface area contributed by atoms with Crippen LogP contribution >= 0.6 is 0 Å². The summed E-state index contributed by atoms with van der Waals surface area (Å²) < 4.78 is 12.5. The molecule has 0 aliphatic carbocycles. The van der Waals surface area contributed by atoms with E-state index in [2.05, 4.69) is 10.3 Å². The minimum absolute atomic E-state index is 0.0651. The van der Waals surface area contributed by atoms with E-state index in [0.717, 1.165) is 16.8 Å². The van der Waals surface area contributed by atoms with E-state index in [1.54, 1.807) is 32.8 Å². The van der Waals surface area contributed by atoms with E-state index >= 15 is 0 Å². The Kier molecular flexibility index (Phi) is 5.76. The van der Waals surface area contributed by atoms with Gasteiger partial charge in [-0.2, -0.15) is 0 Å². The molecule has 1 N–H and O–H groups in total. The molecule has 1 heterocycles. The van der Waals surface area contributed by atoms with Gasteiger partial charge in [-0.25, -0.2) is 4.98 Å². The van der Waals surface area contributed by atoms with Crippen LogP contribution in [0.15, 0.2) is 61.2 Å². The summed E-state index contributed by atoms with van der Waals surface area (Å²) in [5.41, 5.74) is 2.88. The van der Waals surface area contributed by atoms with Gasteiger partial charge in [0, 0.05) is 29.7 Å². The van der Waals surface area contributed by atoms with Crippen molar-refractivity contribution in [2.45, 2.75) is 19.4 Å². The average molecular weight is 365 g/mol. The summed E-state index contributed by atoms with van der Waals surface area (Å²) in [5.74, 6) is 1.27. The van der Waals surface area contributed by atoms with Crippen LogP contribution in [0.1, 0.15) is 24.1 Å². The number of amides is 1. The number of ether oxygens (including phenoxy) is 2. The van der Waals surface area contributed by atoms with Gasteiger partial charge in [0.2, 0.25) is 5.91 Å². The molecule has 0 fully saturated rings. The van der Waals surface area contributed by atoms with Crippen molar-refractivity contribution in [3.63, 3.8) is 0 Å². The normalized spacial score (nSPS) is 11.7. The summed E-state index contributed by atoms with van der Waals surface area (Å²) in [7, 11) is 3.18. The third kappa shape index (κ3) is 4.47. The lowest BCUT2D eigenvalue weighted by molar-refractivity contribution is -0.121. The number of carbonyl (C=O) groups excluding carboxylic acids is 1. The quantitative estimate of drug-likeness (QED) is 0.698. The summed E-state index contributed by atoms with van der Waals surface area (Å²) in [6.07, 6.45) is 5.62. The van der Waals surface area contributed by atoms with Crippen LogP contribution in [-0.2, 0) is 11.2 Å². The number of rotatable bonds is 7. The van der Waals surface area contributed by atoms with Crippen LogP contribution in [-0.4, -0.2) is 29.7 Å². The molecule has 3 aromatic rings. The third-order valence-electron chi connectivity index (χ3n) is 4.42. The maximum Gasteiger partial charge on any atom is 0.225 e. The number of hydrogen-bond donors (Lipinski definition) is 1. The van der Waals surface area contributed by atoms with Gasteiger partial charge in [0.15, 0.2) is 0 Å². The molecular formula is C21H23N3O3. The average Bonchev–Trinajstić information content (AvgIpc) is 3.23. The Bertz CT molecular complexity index is 890. The lowest BCUT2D eigenvalue weighted by Crippen LogP contribution is -2.28. The van der Waals surface area contributed by atoms with Gasteiger partial charge in [-0.3, -0.25) is 4.79 Å². The van der Waals surface area contributed by atoms with E-state index in [1.165, 1.54) is 0 Å². The van der Waals surface area contributed by atoms with Crippen LogP contribution < -0.4 is 14.8 Å². The Morgan fingerprint density at radius 1 is 1.15 bits per heavy atom. The first-order valence-corrected chi connectivity index (χ1v) is 8.69. The van der Waals surface area contributed by atoms with E-state index in [9.17, 15) is 4.79 Å². The second-order valence-corrected chi connectivity index (χ2v) is 6.21. The number of methoxy groups -OCH3 is 2. The first-order valence-electron chi connectivity index (χ1n) is 8.69. The summed E-state index contributed by atoms with van der Waals surface area (Å²) >= 11 is 0. The summed E-state index contributed by atoms with van der Waals surface area (Å²) in [4.78, 5) is 16.5. The molecule has 1 aromatic heterocycles. The van der Waals surface area contributed by atoms with Gasteiger partial charge in [0.25, 0.3) is 0 Å². The zero-order chi connectivity index (χ0) is 19.2.